The number of amides is 3. The van der Waals surface area contributed by atoms with Gasteiger partial charge in [0.05, 0.1) is 6.54 Å². The van der Waals surface area contributed by atoms with Crippen molar-refractivity contribution in [1.82, 2.24) is 19.8 Å². The first kappa shape index (κ1) is 13.7. The molecule has 1 aliphatic heterocycles. The van der Waals surface area contributed by atoms with Gasteiger partial charge in [-0.3, -0.25) is 14.3 Å². The normalized spacial score (nSPS) is 24.2. The van der Waals surface area contributed by atoms with Crippen LogP contribution in [0.3, 0.4) is 0 Å². The summed E-state index contributed by atoms with van der Waals surface area (Å²) in [7, 11) is 0. The van der Waals surface area contributed by atoms with Gasteiger partial charge in [-0.05, 0) is 37.5 Å². The van der Waals surface area contributed by atoms with E-state index in [0.29, 0.717) is 4.57 Å². The van der Waals surface area contributed by atoms with Crippen LogP contribution in [0.1, 0.15) is 38.1 Å². The number of carbonyl (C=O) groups excluding carboxylic acids is 2. The van der Waals surface area contributed by atoms with E-state index in [-0.39, 0.29) is 30.1 Å². The Hall–Kier alpha value is -1.99. The molecule has 0 spiro atoms. The predicted molar refractivity (Wildman–Crippen MR) is 70.7 cm³/mol. The third-order valence-corrected chi connectivity index (χ3v) is 4.86. The van der Waals surface area contributed by atoms with Gasteiger partial charge in [0.2, 0.25) is 0 Å². The Morgan fingerprint density at radius 1 is 1.27 bits per heavy atom. The van der Waals surface area contributed by atoms with Gasteiger partial charge in [0, 0.05) is 12.4 Å². The average molecular weight is 310 g/mol. The average Bonchev–Trinajstić information content (AvgIpc) is 3.39. The zero-order valence-corrected chi connectivity index (χ0v) is 11.8. The molecule has 0 atom stereocenters. The largest absolute Gasteiger partial charge is 0.325 e. The van der Waals surface area contributed by atoms with Crippen molar-refractivity contribution in [3.05, 3.63) is 18.2 Å². The van der Waals surface area contributed by atoms with Gasteiger partial charge < -0.3 is 5.32 Å². The molecule has 8 heteroatoms. The first-order valence-corrected chi connectivity index (χ1v) is 7.48. The number of hydrogen-bond donors (Lipinski definition) is 1. The Balaban J connectivity index is 1.61. The molecule has 22 heavy (non-hydrogen) atoms. The smallest absolute Gasteiger partial charge is 0.323 e. The lowest BCUT2D eigenvalue weighted by Gasteiger charge is -2.26. The first-order chi connectivity index (χ1) is 10.5. The van der Waals surface area contributed by atoms with E-state index in [9.17, 15) is 18.4 Å². The molecule has 1 N–H and O–H groups in total. The molecule has 1 aromatic heterocycles. The number of urea groups is 1. The number of aromatic nitrogens is 2. The van der Waals surface area contributed by atoms with Gasteiger partial charge in [-0.25, -0.2) is 9.78 Å². The van der Waals surface area contributed by atoms with E-state index in [2.05, 4.69) is 10.3 Å². The minimum absolute atomic E-state index is 0.0147. The number of imidazole rings is 1. The van der Waals surface area contributed by atoms with Crippen molar-refractivity contribution in [3.8, 4) is 0 Å². The van der Waals surface area contributed by atoms with Crippen LogP contribution in [0, 0.1) is 11.8 Å². The lowest BCUT2D eigenvalue weighted by Crippen LogP contribution is -2.51. The van der Waals surface area contributed by atoms with E-state index in [4.69, 9.17) is 0 Å². The molecule has 3 amide bonds. The Morgan fingerprint density at radius 2 is 1.91 bits per heavy atom. The molecule has 6 nitrogen and oxygen atoms in total. The topological polar surface area (TPSA) is 67.2 Å². The first-order valence-electron chi connectivity index (χ1n) is 7.48. The van der Waals surface area contributed by atoms with Gasteiger partial charge in [0.25, 0.3) is 5.91 Å². The highest BCUT2D eigenvalue weighted by Crippen LogP contribution is 2.54. The van der Waals surface area contributed by atoms with Crippen LogP contribution in [0.2, 0.25) is 0 Å². The molecule has 118 valence electrons. The third kappa shape index (κ3) is 1.85. The van der Waals surface area contributed by atoms with Crippen LogP contribution in [0.15, 0.2) is 12.4 Å². The molecule has 4 rings (SSSR count). The summed E-state index contributed by atoms with van der Waals surface area (Å²) in [5.74, 6) is 0.125. The maximum atomic E-state index is 12.9. The van der Waals surface area contributed by atoms with E-state index in [1.807, 2.05) is 0 Å². The highest BCUT2D eigenvalue weighted by atomic mass is 19.3. The maximum absolute atomic E-state index is 12.9. The van der Waals surface area contributed by atoms with E-state index >= 15 is 0 Å². The van der Waals surface area contributed by atoms with Crippen molar-refractivity contribution in [3.63, 3.8) is 0 Å². The summed E-state index contributed by atoms with van der Waals surface area (Å²) in [5, 5.41) is 2.87. The van der Waals surface area contributed by atoms with E-state index < -0.39 is 18.1 Å². The Kier molecular flexibility index (Phi) is 2.79. The van der Waals surface area contributed by atoms with Gasteiger partial charge in [-0.2, -0.15) is 8.78 Å². The highest BCUT2D eigenvalue weighted by Gasteiger charge is 2.65. The van der Waals surface area contributed by atoms with Crippen LogP contribution in [-0.2, 0) is 11.3 Å². The molecule has 1 aromatic rings. The molecule has 3 fully saturated rings. The number of halogens is 2. The van der Waals surface area contributed by atoms with Crippen LogP contribution in [-0.4, -0.2) is 31.9 Å². The van der Waals surface area contributed by atoms with Gasteiger partial charge in [0.1, 0.15) is 11.4 Å². The molecule has 0 bridgehead atoms. The van der Waals surface area contributed by atoms with Gasteiger partial charge in [-0.1, -0.05) is 0 Å². The second-order valence-corrected chi connectivity index (χ2v) is 6.27. The highest BCUT2D eigenvalue weighted by molar-refractivity contribution is 6.07. The fourth-order valence-electron chi connectivity index (χ4n) is 3.51. The third-order valence-electron chi connectivity index (χ3n) is 4.86. The molecule has 0 unspecified atom stereocenters. The summed E-state index contributed by atoms with van der Waals surface area (Å²) in [6.07, 6.45) is 6.12. The van der Waals surface area contributed by atoms with Crippen molar-refractivity contribution in [2.75, 3.05) is 0 Å². The molecule has 2 saturated carbocycles. The molecule has 0 aromatic carbocycles. The standard InChI is InChI=1S/C14H16F2N4O2/c15-12(16)19-6-5-17-10(19)7-20-11(21)14(8-1-2-8,9-3-4-9)18-13(20)22/h5-6,8-9,12H,1-4,7H2,(H,18,22). The summed E-state index contributed by atoms with van der Waals surface area (Å²) in [6, 6.07) is -0.493. The van der Waals surface area contributed by atoms with Crippen LogP contribution in [0.4, 0.5) is 13.6 Å². The van der Waals surface area contributed by atoms with Crippen molar-refractivity contribution in [2.24, 2.45) is 11.8 Å². The number of hydrogen-bond acceptors (Lipinski definition) is 3. The van der Waals surface area contributed by atoms with Crippen molar-refractivity contribution in [2.45, 2.75) is 44.3 Å². The Morgan fingerprint density at radius 3 is 2.45 bits per heavy atom. The molecule has 3 aliphatic rings. The number of alkyl halides is 2. The van der Waals surface area contributed by atoms with E-state index in [1.54, 1.807) is 0 Å². The van der Waals surface area contributed by atoms with Crippen molar-refractivity contribution in [1.29, 1.82) is 0 Å². The van der Waals surface area contributed by atoms with Gasteiger partial charge >= 0.3 is 12.6 Å². The summed E-state index contributed by atoms with van der Waals surface area (Å²) in [5.41, 5.74) is -0.792. The molecule has 1 saturated heterocycles. The monoisotopic (exact) mass is 310 g/mol. The molecule has 0 radical (unpaired) electrons. The Bertz CT molecular complexity index is 625. The summed E-state index contributed by atoms with van der Waals surface area (Å²) in [4.78, 5) is 30.0. The zero-order chi connectivity index (χ0) is 15.5. The van der Waals surface area contributed by atoms with E-state index in [1.165, 1.54) is 6.20 Å². The number of carbonyl (C=O) groups is 2. The second kappa shape index (κ2) is 4.50. The number of imide groups is 1. The van der Waals surface area contributed by atoms with Crippen LogP contribution in [0.5, 0.6) is 0 Å². The number of nitrogens with zero attached hydrogens (tertiary/aromatic N) is 3. The minimum Gasteiger partial charge on any atom is -0.323 e. The SMILES string of the molecule is O=C1NC(C2CC2)(C2CC2)C(=O)N1Cc1nccn1C(F)F. The minimum atomic E-state index is -2.74. The van der Waals surface area contributed by atoms with Gasteiger partial charge in [-0.15, -0.1) is 0 Å². The van der Waals surface area contributed by atoms with Crippen molar-refractivity contribution >= 4 is 11.9 Å². The quantitative estimate of drug-likeness (QED) is 0.845. The molecular formula is C14H16F2N4O2. The molecule has 2 heterocycles. The Labute approximate surface area is 125 Å². The van der Waals surface area contributed by atoms with Gasteiger partial charge in [0.15, 0.2) is 0 Å². The lowest BCUT2D eigenvalue weighted by molar-refractivity contribution is -0.133. The predicted octanol–water partition coefficient (Wildman–Crippen LogP) is 1.89. The maximum Gasteiger partial charge on any atom is 0.325 e. The summed E-state index contributed by atoms with van der Waals surface area (Å²) in [6.45, 7) is -2.96. The van der Waals surface area contributed by atoms with E-state index in [0.717, 1.165) is 36.8 Å². The molecular weight excluding hydrogens is 294 g/mol. The zero-order valence-electron chi connectivity index (χ0n) is 11.8. The van der Waals surface area contributed by atoms with Crippen LogP contribution in [0.25, 0.3) is 0 Å². The van der Waals surface area contributed by atoms with Crippen molar-refractivity contribution < 1.29 is 18.4 Å². The number of rotatable bonds is 5. The van der Waals surface area contributed by atoms with Crippen LogP contribution < -0.4 is 5.32 Å². The fraction of sp³-hybridized carbons (Fsp3) is 0.643. The summed E-state index contributed by atoms with van der Waals surface area (Å²) < 4.78 is 26.4. The lowest BCUT2D eigenvalue weighted by atomic mass is 9.87. The fourth-order valence-corrected chi connectivity index (χ4v) is 3.51. The summed E-state index contributed by atoms with van der Waals surface area (Å²) >= 11 is 0. The van der Waals surface area contributed by atoms with Crippen LogP contribution >= 0.6 is 0 Å². The molecule has 2 aliphatic carbocycles. The number of nitrogens with one attached hydrogen (secondary N) is 1. The second-order valence-electron chi connectivity index (χ2n) is 6.27.